The molecule has 12 heavy (non-hydrogen) atoms. The minimum Gasteiger partial charge on any atom is -0.122 e. The average molecular weight is 181 g/mol. The van der Waals surface area contributed by atoms with Gasteiger partial charge in [-0.05, 0) is 18.9 Å². The van der Waals surface area contributed by atoms with Gasteiger partial charge in [-0.1, -0.05) is 42.0 Å². The van der Waals surface area contributed by atoms with Gasteiger partial charge in [0.1, 0.15) is 0 Å². The van der Waals surface area contributed by atoms with E-state index in [9.17, 15) is 0 Å². The first-order chi connectivity index (χ1) is 5.83. The molecule has 0 saturated heterocycles. The summed E-state index contributed by atoms with van der Waals surface area (Å²) in [5.41, 5.74) is 2.57. The largest absolute Gasteiger partial charge is 0.122 e. The van der Waals surface area contributed by atoms with Crippen molar-refractivity contribution in [3.05, 3.63) is 47.5 Å². The minimum absolute atomic E-state index is 0.632. The molecule has 0 radical (unpaired) electrons. The first-order valence-corrected chi connectivity index (χ1v) is 4.62. The number of hydrogen-bond donors (Lipinski definition) is 0. The number of hydrogen-bond acceptors (Lipinski definition) is 0. The number of alkyl halides is 1. The first-order valence-electron chi connectivity index (χ1n) is 4.08. The molecule has 1 rings (SSSR count). The first kappa shape index (κ1) is 9.34. The van der Waals surface area contributed by atoms with Crippen molar-refractivity contribution in [2.24, 2.45) is 0 Å². The van der Waals surface area contributed by atoms with Crippen molar-refractivity contribution in [2.75, 3.05) is 5.88 Å². The lowest BCUT2D eigenvalue weighted by Gasteiger charge is -1.96. The highest BCUT2D eigenvalue weighted by atomic mass is 35.5. The lowest BCUT2D eigenvalue weighted by atomic mass is 10.1. The fourth-order valence-electron chi connectivity index (χ4n) is 0.961. The highest BCUT2D eigenvalue weighted by molar-refractivity contribution is 6.19. The van der Waals surface area contributed by atoms with Crippen LogP contribution in [0.1, 0.15) is 12.5 Å². The van der Waals surface area contributed by atoms with Crippen molar-refractivity contribution >= 4 is 11.6 Å². The highest BCUT2D eigenvalue weighted by Gasteiger charge is 1.88. The molecule has 0 atom stereocenters. The Labute approximate surface area is 78.9 Å². The molecular formula is C11H13Cl. The zero-order valence-electron chi connectivity index (χ0n) is 7.26. The maximum Gasteiger partial charge on any atom is 0.0430 e. The molecule has 1 aromatic carbocycles. The summed E-state index contributed by atoms with van der Waals surface area (Å²) in [7, 11) is 0. The van der Waals surface area contributed by atoms with Gasteiger partial charge in [0.2, 0.25) is 0 Å². The fraction of sp³-hybridized carbons (Fsp3) is 0.273. The van der Waals surface area contributed by atoms with Gasteiger partial charge in [-0.2, -0.15) is 0 Å². The van der Waals surface area contributed by atoms with Crippen LogP contribution >= 0.6 is 11.6 Å². The molecule has 0 aliphatic rings. The third kappa shape index (κ3) is 3.10. The van der Waals surface area contributed by atoms with E-state index in [2.05, 4.69) is 37.3 Å². The topological polar surface area (TPSA) is 0 Å². The quantitative estimate of drug-likeness (QED) is 0.494. The fourth-order valence-corrected chi connectivity index (χ4v) is 1.07. The molecule has 0 unspecified atom stereocenters. The molecule has 0 amide bonds. The molecule has 0 N–H and O–H groups in total. The summed E-state index contributed by atoms with van der Waals surface area (Å²) in [5.74, 6) is 0.632. The molecule has 1 aromatic rings. The van der Waals surface area contributed by atoms with Crippen molar-refractivity contribution in [1.82, 2.24) is 0 Å². The SMILES string of the molecule is C/C(=C/Cc1ccccc1)CCl. The maximum absolute atomic E-state index is 5.65. The molecule has 64 valence electrons. The van der Waals surface area contributed by atoms with E-state index in [0.29, 0.717) is 5.88 Å². The van der Waals surface area contributed by atoms with Crippen molar-refractivity contribution in [1.29, 1.82) is 0 Å². The second-order valence-electron chi connectivity index (χ2n) is 2.87. The summed E-state index contributed by atoms with van der Waals surface area (Å²) in [4.78, 5) is 0. The smallest absolute Gasteiger partial charge is 0.0430 e. The molecule has 0 aliphatic heterocycles. The third-order valence-corrected chi connectivity index (χ3v) is 2.16. The second kappa shape index (κ2) is 5.00. The van der Waals surface area contributed by atoms with E-state index in [1.54, 1.807) is 0 Å². The molecular weight excluding hydrogens is 168 g/mol. The van der Waals surface area contributed by atoms with Crippen LogP contribution in [0.5, 0.6) is 0 Å². The van der Waals surface area contributed by atoms with E-state index >= 15 is 0 Å². The monoisotopic (exact) mass is 180 g/mol. The summed E-state index contributed by atoms with van der Waals surface area (Å²) >= 11 is 5.65. The van der Waals surface area contributed by atoms with E-state index in [1.807, 2.05) is 6.07 Å². The summed E-state index contributed by atoms with van der Waals surface area (Å²) in [5, 5.41) is 0. The van der Waals surface area contributed by atoms with E-state index in [1.165, 1.54) is 11.1 Å². The molecule has 0 heterocycles. The predicted molar refractivity (Wildman–Crippen MR) is 54.6 cm³/mol. The Hall–Kier alpha value is -0.750. The number of halogens is 1. The molecule has 0 fully saturated rings. The van der Waals surface area contributed by atoms with Gasteiger partial charge in [0.05, 0.1) is 0 Å². The van der Waals surface area contributed by atoms with Gasteiger partial charge in [0, 0.05) is 5.88 Å². The Kier molecular flexibility index (Phi) is 3.89. The zero-order valence-corrected chi connectivity index (χ0v) is 8.01. The Bertz CT molecular complexity index is 249. The van der Waals surface area contributed by atoms with Gasteiger partial charge in [0.15, 0.2) is 0 Å². The normalized spacial score (nSPS) is 11.7. The van der Waals surface area contributed by atoms with Crippen molar-refractivity contribution in [3.63, 3.8) is 0 Å². The molecule has 0 aliphatic carbocycles. The number of allylic oxidation sites excluding steroid dienone is 2. The Morgan fingerprint density at radius 1 is 1.33 bits per heavy atom. The number of benzene rings is 1. The summed E-state index contributed by atoms with van der Waals surface area (Å²) in [6.07, 6.45) is 3.15. The number of rotatable bonds is 3. The van der Waals surface area contributed by atoms with Crippen molar-refractivity contribution in [3.8, 4) is 0 Å². The molecule has 0 bridgehead atoms. The van der Waals surface area contributed by atoms with Gasteiger partial charge in [-0.15, -0.1) is 11.6 Å². The van der Waals surface area contributed by atoms with Gasteiger partial charge >= 0.3 is 0 Å². The molecule has 0 aromatic heterocycles. The van der Waals surface area contributed by atoms with Crippen LogP contribution in [-0.2, 0) is 6.42 Å². The lowest BCUT2D eigenvalue weighted by Crippen LogP contribution is -1.82. The van der Waals surface area contributed by atoms with E-state index < -0.39 is 0 Å². The molecule has 1 heteroatoms. The van der Waals surface area contributed by atoms with E-state index in [4.69, 9.17) is 11.6 Å². The third-order valence-electron chi connectivity index (χ3n) is 1.74. The minimum atomic E-state index is 0.632. The van der Waals surface area contributed by atoms with Crippen LogP contribution < -0.4 is 0 Å². The van der Waals surface area contributed by atoms with Gasteiger partial charge < -0.3 is 0 Å². The molecule has 0 spiro atoms. The van der Waals surface area contributed by atoms with Gasteiger partial charge in [-0.3, -0.25) is 0 Å². The zero-order chi connectivity index (χ0) is 8.81. The van der Waals surface area contributed by atoms with Crippen LogP contribution in [0.3, 0.4) is 0 Å². The van der Waals surface area contributed by atoms with Crippen molar-refractivity contribution < 1.29 is 0 Å². The Balaban J connectivity index is 2.54. The summed E-state index contributed by atoms with van der Waals surface area (Å²) in [6.45, 7) is 2.05. The van der Waals surface area contributed by atoms with E-state index in [0.717, 1.165) is 6.42 Å². The van der Waals surface area contributed by atoms with Gasteiger partial charge in [-0.25, -0.2) is 0 Å². The van der Waals surface area contributed by atoms with Crippen LogP contribution in [0.2, 0.25) is 0 Å². The Morgan fingerprint density at radius 3 is 2.58 bits per heavy atom. The summed E-state index contributed by atoms with van der Waals surface area (Å²) < 4.78 is 0. The predicted octanol–water partition coefficient (Wildman–Crippen LogP) is 3.41. The van der Waals surface area contributed by atoms with Crippen LogP contribution in [-0.4, -0.2) is 5.88 Å². The Morgan fingerprint density at radius 2 is 2.00 bits per heavy atom. The van der Waals surface area contributed by atoms with Crippen LogP contribution in [0.25, 0.3) is 0 Å². The average Bonchev–Trinajstić information content (AvgIpc) is 2.16. The maximum atomic E-state index is 5.65. The molecule has 0 saturated carbocycles. The molecule has 0 nitrogen and oxygen atoms in total. The summed E-state index contributed by atoms with van der Waals surface area (Å²) in [6, 6.07) is 10.4. The van der Waals surface area contributed by atoms with Crippen LogP contribution in [0.15, 0.2) is 42.0 Å². The van der Waals surface area contributed by atoms with Gasteiger partial charge in [0.25, 0.3) is 0 Å². The van der Waals surface area contributed by atoms with Crippen LogP contribution in [0, 0.1) is 0 Å². The van der Waals surface area contributed by atoms with Crippen molar-refractivity contribution in [2.45, 2.75) is 13.3 Å². The van der Waals surface area contributed by atoms with Crippen LogP contribution in [0.4, 0.5) is 0 Å². The highest BCUT2D eigenvalue weighted by Crippen LogP contribution is 2.03. The standard InChI is InChI=1S/C11H13Cl/c1-10(9-12)7-8-11-5-3-2-4-6-11/h2-7H,8-9H2,1H3/b10-7-. The lowest BCUT2D eigenvalue weighted by molar-refractivity contribution is 1.22. The second-order valence-corrected chi connectivity index (χ2v) is 3.14. The van der Waals surface area contributed by atoms with E-state index in [-0.39, 0.29) is 0 Å².